The van der Waals surface area contributed by atoms with Gasteiger partial charge in [-0.2, -0.15) is 13.2 Å². The molecule has 2 N–H and O–H groups in total. The number of nitrogens with one attached hydrogen (secondary N) is 2. The van der Waals surface area contributed by atoms with E-state index < -0.39 is 42.4 Å². The van der Waals surface area contributed by atoms with Crippen molar-refractivity contribution in [3.63, 3.8) is 0 Å². The van der Waals surface area contributed by atoms with Crippen LogP contribution in [0, 0.1) is 0 Å². The van der Waals surface area contributed by atoms with Crippen LogP contribution in [-0.2, 0) is 22.6 Å². The third kappa shape index (κ3) is 5.27. The molecule has 0 bridgehead atoms. The fourth-order valence-electron chi connectivity index (χ4n) is 3.90. The number of anilines is 1. The molecule has 0 aliphatic carbocycles. The maximum atomic E-state index is 13.4. The topological polar surface area (TPSA) is 95.6 Å². The van der Waals surface area contributed by atoms with Crippen LogP contribution in [0.25, 0.3) is 0 Å². The molecule has 184 valence electrons. The zero-order valence-electron chi connectivity index (χ0n) is 18.7. The molecule has 3 aromatic carbocycles. The van der Waals surface area contributed by atoms with Gasteiger partial charge in [0.1, 0.15) is 6.04 Å². The number of nitrogens with zero attached hydrogens (tertiary/aromatic N) is 1. The lowest BCUT2D eigenvalue weighted by Gasteiger charge is -2.25. The number of amides is 4. The van der Waals surface area contributed by atoms with Crippen molar-refractivity contribution in [2.45, 2.75) is 25.2 Å². The molecular weight excluding hydrogens is 475 g/mol. The molecule has 1 aliphatic heterocycles. The molecule has 0 radical (unpaired) electrons. The Hall–Kier alpha value is -4.47. The molecule has 1 aliphatic rings. The van der Waals surface area contributed by atoms with Gasteiger partial charge in [0.15, 0.2) is 0 Å². The standard InChI is InChI=1S/C26H20F3N3O4/c27-26(28,29)25(36)30-15-17-9-6-10-18(13-17)31-22(33)21(14-16-7-2-1-3-8-16)32-23(34)19-11-4-5-12-20(19)24(32)35/h1-13,21H,14-15H2,(H,30,36)(H,31,33). The Kier molecular flexibility index (Phi) is 6.86. The van der Waals surface area contributed by atoms with Crippen LogP contribution < -0.4 is 10.6 Å². The molecule has 4 amide bonds. The first-order valence-corrected chi connectivity index (χ1v) is 10.9. The van der Waals surface area contributed by atoms with Gasteiger partial charge in [-0.15, -0.1) is 0 Å². The van der Waals surface area contributed by atoms with E-state index in [2.05, 4.69) is 5.32 Å². The van der Waals surface area contributed by atoms with Gasteiger partial charge in [-0.1, -0.05) is 54.6 Å². The van der Waals surface area contributed by atoms with E-state index in [1.807, 2.05) is 0 Å². The minimum absolute atomic E-state index is 0.0550. The number of imide groups is 1. The second-order valence-electron chi connectivity index (χ2n) is 8.10. The van der Waals surface area contributed by atoms with Crippen molar-refractivity contribution in [1.82, 2.24) is 10.2 Å². The molecule has 36 heavy (non-hydrogen) atoms. The summed E-state index contributed by atoms with van der Waals surface area (Å²) in [5.74, 6) is -3.90. The van der Waals surface area contributed by atoms with E-state index >= 15 is 0 Å². The van der Waals surface area contributed by atoms with Crippen molar-refractivity contribution >= 4 is 29.3 Å². The van der Waals surface area contributed by atoms with Crippen LogP contribution in [0.2, 0.25) is 0 Å². The first kappa shape index (κ1) is 24.6. The van der Waals surface area contributed by atoms with E-state index in [9.17, 15) is 32.3 Å². The SMILES string of the molecule is O=C(Nc1cccc(CNC(=O)C(F)(F)F)c1)C(Cc1ccccc1)N1C(=O)c2ccccc2C1=O. The minimum atomic E-state index is -5.01. The maximum absolute atomic E-state index is 13.4. The highest BCUT2D eigenvalue weighted by Crippen LogP contribution is 2.27. The second kappa shape index (κ2) is 10.0. The first-order chi connectivity index (χ1) is 17.1. The second-order valence-corrected chi connectivity index (χ2v) is 8.10. The average molecular weight is 495 g/mol. The van der Waals surface area contributed by atoms with Crippen molar-refractivity contribution in [2.24, 2.45) is 0 Å². The maximum Gasteiger partial charge on any atom is 0.471 e. The molecular formula is C26H20F3N3O4. The summed E-state index contributed by atoms with van der Waals surface area (Å²) in [7, 11) is 0. The molecule has 1 unspecified atom stereocenters. The van der Waals surface area contributed by atoms with Gasteiger partial charge in [0.2, 0.25) is 5.91 Å². The van der Waals surface area contributed by atoms with E-state index in [4.69, 9.17) is 0 Å². The highest BCUT2D eigenvalue weighted by Gasteiger charge is 2.42. The predicted molar refractivity (Wildman–Crippen MR) is 124 cm³/mol. The van der Waals surface area contributed by atoms with Crippen LogP contribution in [0.1, 0.15) is 31.8 Å². The van der Waals surface area contributed by atoms with Crippen LogP contribution in [0.15, 0.2) is 78.9 Å². The molecule has 0 saturated carbocycles. The Morgan fingerprint density at radius 2 is 1.39 bits per heavy atom. The van der Waals surface area contributed by atoms with Crippen molar-refractivity contribution < 1.29 is 32.3 Å². The lowest BCUT2D eigenvalue weighted by molar-refractivity contribution is -0.173. The number of hydrogen-bond acceptors (Lipinski definition) is 4. The highest BCUT2D eigenvalue weighted by atomic mass is 19.4. The molecule has 7 nitrogen and oxygen atoms in total. The average Bonchev–Trinajstić information content (AvgIpc) is 3.11. The van der Waals surface area contributed by atoms with Crippen LogP contribution in [0.3, 0.4) is 0 Å². The third-order valence-corrected chi connectivity index (χ3v) is 5.62. The number of benzene rings is 3. The molecule has 4 rings (SSSR count). The molecule has 10 heteroatoms. The molecule has 0 saturated heterocycles. The fraction of sp³-hybridized carbons (Fsp3) is 0.154. The van der Waals surface area contributed by atoms with E-state index in [-0.39, 0.29) is 23.2 Å². The largest absolute Gasteiger partial charge is 0.471 e. The van der Waals surface area contributed by atoms with Gasteiger partial charge in [0.25, 0.3) is 11.8 Å². The van der Waals surface area contributed by atoms with Crippen molar-refractivity contribution in [3.05, 3.63) is 101 Å². The summed E-state index contributed by atoms with van der Waals surface area (Å²) in [4.78, 5) is 51.5. The van der Waals surface area contributed by atoms with Crippen LogP contribution in [-0.4, -0.2) is 40.7 Å². The molecule has 3 aromatic rings. The summed E-state index contributed by atoms with van der Waals surface area (Å²) >= 11 is 0. The number of rotatable bonds is 7. The van der Waals surface area contributed by atoms with Crippen LogP contribution in [0.4, 0.5) is 18.9 Å². The van der Waals surface area contributed by atoms with Gasteiger partial charge in [0, 0.05) is 18.7 Å². The van der Waals surface area contributed by atoms with Gasteiger partial charge in [-0.3, -0.25) is 24.1 Å². The van der Waals surface area contributed by atoms with E-state index in [0.717, 1.165) is 10.5 Å². The summed E-state index contributed by atoms with van der Waals surface area (Å²) in [6.07, 6.45) is -4.96. The summed E-state index contributed by atoms with van der Waals surface area (Å²) in [6.45, 7) is -0.409. The lowest BCUT2D eigenvalue weighted by atomic mass is 10.0. The lowest BCUT2D eigenvalue weighted by Crippen LogP contribution is -2.48. The van der Waals surface area contributed by atoms with Crippen molar-refractivity contribution in [3.8, 4) is 0 Å². The number of alkyl halides is 3. The quantitative estimate of drug-likeness (QED) is 0.489. The molecule has 1 atom stereocenters. The number of hydrogen-bond donors (Lipinski definition) is 2. The monoisotopic (exact) mass is 495 g/mol. The normalized spacial score (nSPS) is 13.8. The number of carbonyl (C=O) groups is 4. The van der Waals surface area contributed by atoms with E-state index in [0.29, 0.717) is 5.56 Å². The molecule has 0 spiro atoms. The zero-order valence-corrected chi connectivity index (χ0v) is 18.7. The van der Waals surface area contributed by atoms with Gasteiger partial charge in [-0.05, 0) is 35.4 Å². The van der Waals surface area contributed by atoms with Crippen LogP contribution >= 0.6 is 0 Å². The Labute approximate surface area is 203 Å². The molecule has 1 heterocycles. The van der Waals surface area contributed by atoms with Gasteiger partial charge < -0.3 is 10.6 Å². The molecule has 0 aromatic heterocycles. The summed E-state index contributed by atoms with van der Waals surface area (Å²) < 4.78 is 37.4. The Morgan fingerprint density at radius 3 is 2.00 bits per heavy atom. The smallest absolute Gasteiger partial charge is 0.344 e. The third-order valence-electron chi connectivity index (χ3n) is 5.62. The summed E-state index contributed by atoms with van der Waals surface area (Å²) in [5.41, 5.74) is 1.67. The van der Waals surface area contributed by atoms with Gasteiger partial charge >= 0.3 is 12.1 Å². The Morgan fingerprint density at radius 1 is 0.806 bits per heavy atom. The molecule has 0 fully saturated rings. The summed E-state index contributed by atoms with van der Waals surface area (Å²) in [5, 5.41) is 4.41. The van der Waals surface area contributed by atoms with E-state index in [1.54, 1.807) is 47.8 Å². The van der Waals surface area contributed by atoms with Crippen LogP contribution in [0.5, 0.6) is 0 Å². The fourth-order valence-corrected chi connectivity index (χ4v) is 3.90. The zero-order chi connectivity index (χ0) is 25.9. The number of carbonyl (C=O) groups excluding carboxylic acids is 4. The summed E-state index contributed by atoms with van der Waals surface area (Å²) in [6, 6.07) is 19.9. The van der Waals surface area contributed by atoms with Crippen molar-refractivity contribution in [1.29, 1.82) is 0 Å². The number of fused-ring (bicyclic) bond motifs is 1. The Bertz CT molecular complexity index is 1290. The van der Waals surface area contributed by atoms with E-state index in [1.165, 1.54) is 36.4 Å². The predicted octanol–water partition coefficient (Wildman–Crippen LogP) is 3.71. The van der Waals surface area contributed by atoms with Gasteiger partial charge in [-0.25, -0.2) is 0 Å². The Balaban J connectivity index is 1.56. The number of halogens is 3. The van der Waals surface area contributed by atoms with Crippen molar-refractivity contribution in [2.75, 3.05) is 5.32 Å². The minimum Gasteiger partial charge on any atom is -0.344 e. The van der Waals surface area contributed by atoms with Gasteiger partial charge in [0.05, 0.1) is 11.1 Å². The first-order valence-electron chi connectivity index (χ1n) is 10.9. The highest BCUT2D eigenvalue weighted by molar-refractivity contribution is 6.23.